The third-order valence-corrected chi connectivity index (χ3v) is 4.66. The summed E-state index contributed by atoms with van der Waals surface area (Å²) in [5.74, 6) is -0.590. The maximum absolute atomic E-state index is 12.6. The van der Waals surface area contributed by atoms with E-state index in [1.165, 1.54) is 11.3 Å². The highest BCUT2D eigenvalue weighted by Crippen LogP contribution is 2.28. The fourth-order valence-corrected chi connectivity index (χ4v) is 3.45. The molecule has 7 heteroatoms. The SMILES string of the molecule is NC(=O)C1CC(NC=O)CN1C(=O)C(N)C1CCCCC1. The number of nitrogens with one attached hydrogen (secondary N) is 1. The summed E-state index contributed by atoms with van der Waals surface area (Å²) in [5.41, 5.74) is 11.5. The van der Waals surface area contributed by atoms with Crippen molar-refractivity contribution in [1.82, 2.24) is 10.2 Å². The van der Waals surface area contributed by atoms with Crippen molar-refractivity contribution in [3.8, 4) is 0 Å². The summed E-state index contributed by atoms with van der Waals surface area (Å²) in [6, 6.07) is -1.49. The summed E-state index contributed by atoms with van der Waals surface area (Å²) >= 11 is 0. The molecule has 0 aromatic rings. The number of rotatable bonds is 5. The number of nitrogens with zero attached hydrogens (tertiary/aromatic N) is 1. The zero-order valence-electron chi connectivity index (χ0n) is 12.2. The van der Waals surface area contributed by atoms with Gasteiger partial charge in [0.2, 0.25) is 18.2 Å². The van der Waals surface area contributed by atoms with E-state index >= 15 is 0 Å². The van der Waals surface area contributed by atoms with Gasteiger partial charge in [-0.15, -0.1) is 0 Å². The molecule has 7 nitrogen and oxygen atoms in total. The molecular formula is C14H24N4O3. The van der Waals surface area contributed by atoms with Gasteiger partial charge in [0.1, 0.15) is 6.04 Å². The van der Waals surface area contributed by atoms with Crippen LogP contribution < -0.4 is 16.8 Å². The lowest BCUT2D eigenvalue weighted by atomic mass is 9.83. The molecule has 3 amide bonds. The lowest BCUT2D eigenvalue weighted by Gasteiger charge is -2.31. The third kappa shape index (κ3) is 3.53. The first-order valence-electron chi connectivity index (χ1n) is 7.59. The van der Waals surface area contributed by atoms with Gasteiger partial charge < -0.3 is 21.7 Å². The average Bonchev–Trinajstić information content (AvgIpc) is 2.91. The summed E-state index contributed by atoms with van der Waals surface area (Å²) in [5, 5.41) is 2.61. The van der Waals surface area contributed by atoms with Gasteiger partial charge in [-0.25, -0.2) is 0 Å². The Hall–Kier alpha value is -1.63. The predicted molar refractivity (Wildman–Crippen MR) is 76.9 cm³/mol. The van der Waals surface area contributed by atoms with Crippen molar-refractivity contribution in [2.45, 2.75) is 56.7 Å². The van der Waals surface area contributed by atoms with Gasteiger partial charge >= 0.3 is 0 Å². The molecule has 1 aliphatic carbocycles. The zero-order valence-corrected chi connectivity index (χ0v) is 12.2. The van der Waals surface area contributed by atoms with E-state index in [4.69, 9.17) is 11.5 Å². The number of carbonyl (C=O) groups is 3. The fourth-order valence-electron chi connectivity index (χ4n) is 3.45. The molecule has 1 saturated heterocycles. The lowest BCUT2D eigenvalue weighted by molar-refractivity contribution is -0.139. The number of hydrogen-bond acceptors (Lipinski definition) is 4. The van der Waals surface area contributed by atoms with Crippen molar-refractivity contribution in [2.24, 2.45) is 17.4 Å². The Morgan fingerprint density at radius 2 is 1.90 bits per heavy atom. The summed E-state index contributed by atoms with van der Waals surface area (Å²) in [7, 11) is 0. The maximum Gasteiger partial charge on any atom is 0.240 e. The van der Waals surface area contributed by atoms with Crippen molar-refractivity contribution in [3.05, 3.63) is 0 Å². The van der Waals surface area contributed by atoms with E-state index in [9.17, 15) is 14.4 Å². The van der Waals surface area contributed by atoms with Crippen molar-refractivity contribution < 1.29 is 14.4 Å². The van der Waals surface area contributed by atoms with Crippen LogP contribution in [0, 0.1) is 5.92 Å². The molecule has 0 radical (unpaired) electrons. The maximum atomic E-state index is 12.6. The second-order valence-corrected chi connectivity index (χ2v) is 6.05. The van der Waals surface area contributed by atoms with Crippen LogP contribution in [0.1, 0.15) is 38.5 Å². The van der Waals surface area contributed by atoms with Gasteiger partial charge in [-0.1, -0.05) is 19.3 Å². The van der Waals surface area contributed by atoms with Crippen LogP contribution in [0.3, 0.4) is 0 Å². The molecule has 118 valence electrons. The smallest absolute Gasteiger partial charge is 0.240 e. The van der Waals surface area contributed by atoms with Gasteiger partial charge in [0, 0.05) is 12.6 Å². The fraction of sp³-hybridized carbons (Fsp3) is 0.786. The van der Waals surface area contributed by atoms with E-state index in [1.807, 2.05) is 0 Å². The van der Waals surface area contributed by atoms with Crippen molar-refractivity contribution in [3.63, 3.8) is 0 Å². The Balaban J connectivity index is 2.04. The molecule has 0 bridgehead atoms. The molecule has 1 heterocycles. The highest BCUT2D eigenvalue weighted by molar-refractivity contribution is 5.90. The molecule has 21 heavy (non-hydrogen) atoms. The largest absolute Gasteiger partial charge is 0.368 e. The summed E-state index contributed by atoms with van der Waals surface area (Å²) < 4.78 is 0. The zero-order chi connectivity index (χ0) is 15.4. The number of primary amides is 1. The summed E-state index contributed by atoms with van der Waals surface area (Å²) in [6.45, 7) is 0.297. The Bertz CT molecular complexity index is 409. The first kappa shape index (κ1) is 15.8. The van der Waals surface area contributed by atoms with Gasteiger partial charge in [0.25, 0.3) is 0 Å². The number of nitrogens with two attached hydrogens (primary N) is 2. The second kappa shape index (κ2) is 6.89. The summed E-state index contributed by atoms with van der Waals surface area (Å²) in [6.07, 6.45) is 6.24. The van der Waals surface area contributed by atoms with E-state index in [1.54, 1.807) is 0 Å². The molecule has 0 aromatic heterocycles. The molecule has 3 unspecified atom stereocenters. The Labute approximate surface area is 124 Å². The van der Waals surface area contributed by atoms with Gasteiger partial charge in [-0.3, -0.25) is 14.4 Å². The van der Waals surface area contributed by atoms with E-state index in [0.29, 0.717) is 19.4 Å². The van der Waals surface area contributed by atoms with E-state index in [-0.39, 0.29) is 17.9 Å². The van der Waals surface area contributed by atoms with Crippen molar-refractivity contribution >= 4 is 18.2 Å². The standard InChI is InChI=1S/C14H24N4O3/c15-12(9-4-2-1-3-5-9)14(21)18-7-10(17-8-19)6-11(18)13(16)20/h8-12H,1-7,15H2,(H2,16,20)(H,17,19). The molecular weight excluding hydrogens is 272 g/mol. The van der Waals surface area contributed by atoms with E-state index in [0.717, 1.165) is 25.7 Å². The molecule has 2 fully saturated rings. The quantitative estimate of drug-likeness (QED) is 0.569. The van der Waals surface area contributed by atoms with Crippen LogP contribution in [-0.2, 0) is 14.4 Å². The number of hydrogen-bond donors (Lipinski definition) is 3. The van der Waals surface area contributed by atoms with Crippen molar-refractivity contribution in [2.75, 3.05) is 6.54 Å². The molecule has 1 aliphatic heterocycles. The molecule has 1 saturated carbocycles. The van der Waals surface area contributed by atoms with Crippen molar-refractivity contribution in [1.29, 1.82) is 0 Å². The first-order valence-corrected chi connectivity index (χ1v) is 7.59. The van der Waals surface area contributed by atoms with Gasteiger partial charge in [-0.2, -0.15) is 0 Å². The Morgan fingerprint density at radius 1 is 1.24 bits per heavy atom. The minimum absolute atomic E-state index is 0.179. The predicted octanol–water partition coefficient (Wildman–Crippen LogP) is -0.905. The Kier molecular flexibility index (Phi) is 5.17. The molecule has 0 spiro atoms. The van der Waals surface area contributed by atoms with Gasteiger partial charge in [0.05, 0.1) is 6.04 Å². The summed E-state index contributed by atoms with van der Waals surface area (Å²) in [4.78, 5) is 36.1. The average molecular weight is 296 g/mol. The number of carbonyl (C=O) groups excluding carboxylic acids is 3. The highest BCUT2D eigenvalue weighted by Gasteiger charge is 2.41. The number of amides is 3. The topological polar surface area (TPSA) is 119 Å². The molecule has 0 aromatic carbocycles. The van der Waals surface area contributed by atoms with Crippen LogP contribution in [-0.4, -0.2) is 47.8 Å². The molecule has 5 N–H and O–H groups in total. The number of likely N-dealkylation sites (tertiary alicyclic amines) is 1. The monoisotopic (exact) mass is 296 g/mol. The normalized spacial score (nSPS) is 28.1. The third-order valence-electron chi connectivity index (χ3n) is 4.66. The van der Waals surface area contributed by atoms with Crippen LogP contribution in [0.25, 0.3) is 0 Å². The van der Waals surface area contributed by atoms with Gasteiger partial charge in [-0.05, 0) is 25.2 Å². The lowest BCUT2D eigenvalue weighted by Crippen LogP contribution is -2.53. The highest BCUT2D eigenvalue weighted by atomic mass is 16.2. The molecule has 2 aliphatic rings. The van der Waals surface area contributed by atoms with Crippen LogP contribution >= 0.6 is 0 Å². The van der Waals surface area contributed by atoms with Crippen LogP contribution in [0.2, 0.25) is 0 Å². The van der Waals surface area contributed by atoms with Crippen LogP contribution in [0.5, 0.6) is 0 Å². The van der Waals surface area contributed by atoms with Crippen LogP contribution in [0.15, 0.2) is 0 Å². The van der Waals surface area contributed by atoms with Gasteiger partial charge in [0.15, 0.2) is 0 Å². The molecule has 2 rings (SSSR count). The first-order chi connectivity index (χ1) is 10.0. The van der Waals surface area contributed by atoms with E-state index < -0.39 is 18.0 Å². The van der Waals surface area contributed by atoms with E-state index in [2.05, 4.69) is 5.32 Å². The van der Waals surface area contributed by atoms with Crippen LogP contribution in [0.4, 0.5) is 0 Å². The second-order valence-electron chi connectivity index (χ2n) is 6.05. The minimum Gasteiger partial charge on any atom is -0.368 e. The molecule has 3 atom stereocenters. The Morgan fingerprint density at radius 3 is 2.48 bits per heavy atom. The minimum atomic E-state index is -0.676.